The number of rotatable bonds is 5. The summed E-state index contributed by atoms with van der Waals surface area (Å²) in [5.74, 6) is 6.02. The van der Waals surface area contributed by atoms with Crippen LogP contribution in [0.4, 0.5) is 5.82 Å². The highest BCUT2D eigenvalue weighted by Crippen LogP contribution is 2.33. The van der Waals surface area contributed by atoms with Crippen molar-refractivity contribution in [3.63, 3.8) is 0 Å². The van der Waals surface area contributed by atoms with Crippen molar-refractivity contribution < 1.29 is 29.3 Å². The number of aliphatic hydroxyl groups excluding tert-OH is 2. The Hall–Kier alpha value is -3.27. The van der Waals surface area contributed by atoms with Crippen LogP contribution in [0.15, 0.2) is 6.33 Å². The molecule has 0 bridgehead atoms. The molecule has 2 fully saturated rings. The number of carbonyl (C=O) groups excluding carboxylic acids is 2. The van der Waals surface area contributed by atoms with Gasteiger partial charge in [0.25, 0.3) is 5.91 Å². The molecule has 3 heterocycles. The fourth-order valence-electron chi connectivity index (χ4n) is 4.60. The maximum atomic E-state index is 12.2. The fraction of sp³-hybridized carbons (Fsp3) is 0.609. The number of hydrogen-bond donors (Lipinski definition) is 4. The number of methoxy groups -OCH3 is 1. The number of imidazole rings is 1. The van der Waals surface area contributed by atoms with E-state index >= 15 is 0 Å². The first kappa shape index (κ1) is 24.8. The number of esters is 1. The quantitative estimate of drug-likeness (QED) is 0.329. The number of nitrogen functional groups attached to an aromatic ring is 1. The van der Waals surface area contributed by atoms with Gasteiger partial charge in [0.15, 0.2) is 23.8 Å². The lowest BCUT2D eigenvalue weighted by molar-refractivity contribution is -0.146. The van der Waals surface area contributed by atoms with Crippen molar-refractivity contribution in [3.05, 3.63) is 12.2 Å². The lowest BCUT2D eigenvalue weighted by atomic mass is 9.81. The van der Waals surface area contributed by atoms with E-state index in [0.717, 1.165) is 25.7 Å². The van der Waals surface area contributed by atoms with Crippen LogP contribution in [0.25, 0.3) is 11.2 Å². The molecule has 12 heteroatoms. The second kappa shape index (κ2) is 10.6. The fourth-order valence-corrected chi connectivity index (χ4v) is 4.60. The summed E-state index contributed by atoms with van der Waals surface area (Å²) in [7, 11) is 1.41. The van der Waals surface area contributed by atoms with Gasteiger partial charge in [-0.1, -0.05) is 5.92 Å². The number of aromatic nitrogens is 4. The molecule has 1 amide bonds. The molecular weight excluding hydrogens is 456 g/mol. The second-order valence-electron chi connectivity index (χ2n) is 8.83. The highest BCUT2D eigenvalue weighted by molar-refractivity contribution is 5.83. The van der Waals surface area contributed by atoms with Gasteiger partial charge in [-0.05, 0) is 44.4 Å². The SMILES string of the molecule is CCNC(=O)[C@H]1O[C@@H](n2cnc3c(N)nc(C#CCC4CCC(C(=O)OC)CC4)nc32)C(O)C1O. The molecule has 12 nitrogen and oxygen atoms in total. The normalized spacial score (nSPS) is 28.3. The average Bonchev–Trinajstić information content (AvgIpc) is 3.40. The maximum Gasteiger partial charge on any atom is 0.308 e. The van der Waals surface area contributed by atoms with E-state index in [2.05, 4.69) is 32.1 Å². The van der Waals surface area contributed by atoms with Crippen molar-refractivity contribution in [1.29, 1.82) is 0 Å². The molecule has 2 unspecified atom stereocenters. The Bertz CT molecular complexity index is 1150. The minimum Gasteiger partial charge on any atom is -0.469 e. The zero-order valence-corrected chi connectivity index (χ0v) is 19.7. The van der Waals surface area contributed by atoms with Crippen molar-refractivity contribution in [2.45, 2.75) is 63.6 Å². The standard InChI is InChI=1S/C23H30N6O6/c1-3-25-21(32)18-16(30)17(31)22(35-18)29-11-26-15-19(24)27-14(28-20(15)29)6-4-5-12-7-9-13(10-8-12)23(33)34-2/h11-13,16-18,22,30-31H,3,5,7-10H2,1-2H3,(H,25,32)(H2,24,27,28)/t12?,13?,16?,17?,18-,22+/m0/s1. The number of anilines is 1. The lowest BCUT2D eigenvalue weighted by Crippen LogP contribution is -2.42. The predicted molar refractivity (Wildman–Crippen MR) is 123 cm³/mol. The van der Waals surface area contributed by atoms with E-state index in [1.807, 2.05) is 0 Å². The van der Waals surface area contributed by atoms with Crippen LogP contribution in [0.2, 0.25) is 0 Å². The first-order valence-electron chi connectivity index (χ1n) is 11.7. The first-order valence-corrected chi connectivity index (χ1v) is 11.7. The smallest absolute Gasteiger partial charge is 0.308 e. The Morgan fingerprint density at radius 1 is 1.26 bits per heavy atom. The van der Waals surface area contributed by atoms with Gasteiger partial charge in [0.2, 0.25) is 5.82 Å². The largest absolute Gasteiger partial charge is 0.469 e. The molecule has 35 heavy (non-hydrogen) atoms. The Balaban J connectivity index is 1.49. The zero-order valence-electron chi connectivity index (χ0n) is 19.7. The lowest BCUT2D eigenvalue weighted by Gasteiger charge is -2.25. The van der Waals surface area contributed by atoms with Gasteiger partial charge in [-0.25, -0.2) is 15.0 Å². The monoisotopic (exact) mass is 486 g/mol. The van der Waals surface area contributed by atoms with Gasteiger partial charge in [-0.15, -0.1) is 0 Å². The van der Waals surface area contributed by atoms with Gasteiger partial charge in [-0.3, -0.25) is 14.2 Å². The molecule has 2 aromatic rings. The Kier molecular flexibility index (Phi) is 7.49. The van der Waals surface area contributed by atoms with Gasteiger partial charge in [-0.2, -0.15) is 0 Å². The number of nitrogens with two attached hydrogens (primary N) is 1. The molecule has 2 aromatic heterocycles. The van der Waals surface area contributed by atoms with Crippen molar-refractivity contribution in [2.24, 2.45) is 11.8 Å². The molecule has 0 spiro atoms. The average molecular weight is 487 g/mol. The third-order valence-corrected chi connectivity index (χ3v) is 6.54. The highest BCUT2D eigenvalue weighted by Gasteiger charge is 2.47. The summed E-state index contributed by atoms with van der Waals surface area (Å²) in [6.07, 6.45) is 0.253. The summed E-state index contributed by atoms with van der Waals surface area (Å²) < 4.78 is 11.9. The van der Waals surface area contributed by atoms with Crippen LogP contribution in [0.5, 0.6) is 0 Å². The number of nitrogens with zero attached hydrogens (tertiary/aromatic N) is 4. The first-order chi connectivity index (χ1) is 16.8. The van der Waals surface area contributed by atoms with Crippen LogP contribution in [0.1, 0.15) is 51.1 Å². The van der Waals surface area contributed by atoms with E-state index in [1.54, 1.807) is 6.92 Å². The summed E-state index contributed by atoms with van der Waals surface area (Å²) in [6, 6.07) is 0. The van der Waals surface area contributed by atoms with Crippen molar-refractivity contribution in [1.82, 2.24) is 24.8 Å². The third-order valence-electron chi connectivity index (χ3n) is 6.54. The van der Waals surface area contributed by atoms with E-state index in [9.17, 15) is 19.8 Å². The Labute approximate surface area is 202 Å². The zero-order chi connectivity index (χ0) is 25.1. The number of amides is 1. The number of nitrogens with one attached hydrogen (secondary N) is 1. The number of aliphatic hydroxyl groups is 2. The molecule has 1 aliphatic heterocycles. The van der Waals surface area contributed by atoms with Crippen molar-refractivity contribution >= 4 is 28.9 Å². The number of ether oxygens (including phenoxy) is 2. The van der Waals surface area contributed by atoms with Gasteiger partial charge in [0, 0.05) is 13.0 Å². The van der Waals surface area contributed by atoms with Gasteiger partial charge in [0.05, 0.1) is 19.4 Å². The maximum absolute atomic E-state index is 12.2. The molecule has 2 aliphatic rings. The van der Waals surface area contributed by atoms with Crippen LogP contribution < -0.4 is 11.1 Å². The van der Waals surface area contributed by atoms with Crippen LogP contribution >= 0.6 is 0 Å². The highest BCUT2D eigenvalue weighted by atomic mass is 16.6. The molecule has 1 aliphatic carbocycles. The predicted octanol–water partition coefficient (Wildman–Crippen LogP) is -0.115. The molecule has 0 aromatic carbocycles. The molecule has 4 rings (SSSR count). The van der Waals surface area contributed by atoms with Crippen LogP contribution in [0.3, 0.4) is 0 Å². The van der Waals surface area contributed by atoms with Gasteiger partial charge in [0.1, 0.15) is 17.7 Å². The number of carbonyl (C=O) groups is 2. The second-order valence-corrected chi connectivity index (χ2v) is 8.83. The van der Waals surface area contributed by atoms with E-state index in [1.165, 1.54) is 18.0 Å². The van der Waals surface area contributed by atoms with E-state index in [4.69, 9.17) is 15.2 Å². The number of hydrogen-bond acceptors (Lipinski definition) is 10. The summed E-state index contributed by atoms with van der Waals surface area (Å²) in [4.78, 5) is 36.7. The Morgan fingerprint density at radius 3 is 2.69 bits per heavy atom. The van der Waals surface area contributed by atoms with Crippen LogP contribution in [-0.4, -0.2) is 73.6 Å². The Morgan fingerprint density at radius 2 is 2.00 bits per heavy atom. The van der Waals surface area contributed by atoms with E-state index < -0.39 is 30.4 Å². The van der Waals surface area contributed by atoms with E-state index in [-0.39, 0.29) is 29.2 Å². The van der Waals surface area contributed by atoms with Crippen molar-refractivity contribution in [3.8, 4) is 11.8 Å². The molecule has 4 atom stereocenters. The van der Waals surface area contributed by atoms with Crippen LogP contribution in [0, 0.1) is 23.7 Å². The molecule has 0 radical (unpaired) electrons. The number of fused-ring (bicyclic) bond motifs is 1. The van der Waals surface area contributed by atoms with Crippen molar-refractivity contribution in [2.75, 3.05) is 19.4 Å². The molecule has 5 N–H and O–H groups in total. The summed E-state index contributed by atoms with van der Waals surface area (Å²) >= 11 is 0. The van der Waals surface area contributed by atoms with Gasteiger partial charge >= 0.3 is 5.97 Å². The van der Waals surface area contributed by atoms with Crippen LogP contribution in [-0.2, 0) is 19.1 Å². The summed E-state index contributed by atoms with van der Waals surface area (Å²) in [5.41, 5.74) is 6.63. The molecular formula is C23H30N6O6. The minimum atomic E-state index is -1.42. The van der Waals surface area contributed by atoms with Gasteiger partial charge < -0.3 is 30.7 Å². The minimum absolute atomic E-state index is 0.0330. The molecule has 1 saturated heterocycles. The third kappa shape index (κ3) is 5.07. The molecule has 188 valence electrons. The molecule has 1 saturated carbocycles. The van der Waals surface area contributed by atoms with E-state index in [0.29, 0.717) is 24.4 Å². The number of likely N-dealkylation sites (N-methyl/N-ethyl adjacent to an activating group) is 1. The summed E-state index contributed by atoms with van der Waals surface area (Å²) in [5, 5.41) is 23.4. The topological polar surface area (TPSA) is 175 Å². The summed E-state index contributed by atoms with van der Waals surface area (Å²) in [6.45, 7) is 2.10.